The van der Waals surface area contributed by atoms with Crippen LogP contribution >= 0.6 is 0 Å². The molecule has 1 aromatic rings. The van der Waals surface area contributed by atoms with E-state index in [4.69, 9.17) is 16.2 Å². The molecule has 1 aliphatic rings. The van der Waals surface area contributed by atoms with Crippen molar-refractivity contribution in [3.05, 3.63) is 18.2 Å². The average Bonchev–Trinajstić information content (AvgIpc) is 2.33. The van der Waals surface area contributed by atoms with E-state index >= 15 is 0 Å². The van der Waals surface area contributed by atoms with Crippen molar-refractivity contribution in [2.24, 2.45) is 0 Å². The van der Waals surface area contributed by atoms with E-state index in [2.05, 4.69) is 7.05 Å². The Morgan fingerprint density at radius 2 is 1.89 bits per heavy atom. The van der Waals surface area contributed by atoms with Gasteiger partial charge in [-0.2, -0.15) is 0 Å². The molecule has 1 heterocycles. The Bertz CT molecular complexity index is 400. The van der Waals surface area contributed by atoms with E-state index in [1.807, 2.05) is 12.1 Å². The topological polar surface area (TPSA) is 61.3 Å². The maximum absolute atomic E-state index is 5.86. The Morgan fingerprint density at radius 3 is 2.56 bits per heavy atom. The first-order chi connectivity index (χ1) is 8.59. The van der Waals surface area contributed by atoms with Gasteiger partial charge < -0.3 is 20.7 Å². The van der Waals surface area contributed by atoms with Gasteiger partial charge in [0.15, 0.2) is 0 Å². The lowest BCUT2D eigenvalue weighted by molar-refractivity contribution is -0.914. The quantitative estimate of drug-likeness (QED) is 0.633. The van der Waals surface area contributed by atoms with Crippen molar-refractivity contribution >= 4 is 11.4 Å². The highest BCUT2D eigenvalue weighted by atomic mass is 16.5. The summed E-state index contributed by atoms with van der Waals surface area (Å²) in [5.41, 5.74) is 12.8. The number of likely N-dealkylation sites (N-methyl/N-ethyl adjacent to an activating group) is 1. The van der Waals surface area contributed by atoms with Crippen molar-refractivity contribution in [1.29, 1.82) is 0 Å². The third-order valence-electron chi connectivity index (χ3n) is 3.82. The number of nitrogens with zero attached hydrogens (tertiary/aromatic N) is 1. The Balaban J connectivity index is 1.84. The number of benzene rings is 1. The van der Waals surface area contributed by atoms with Crippen LogP contribution in [0.5, 0.6) is 5.75 Å². The molecule has 100 valence electrons. The fourth-order valence-corrected chi connectivity index (χ4v) is 2.57. The Hall–Kier alpha value is -1.42. The molecule has 0 radical (unpaired) electrons. The van der Waals surface area contributed by atoms with Gasteiger partial charge in [-0.25, -0.2) is 0 Å². The van der Waals surface area contributed by atoms with E-state index in [-0.39, 0.29) is 0 Å². The first-order valence-corrected chi connectivity index (χ1v) is 6.70. The predicted octanol–water partition coefficient (Wildman–Crippen LogP) is 1.86. The Labute approximate surface area is 109 Å². The average molecular weight is 250 g/mol. The number of ether oxygens (including phenoxy) is 1. The summed E-state index contributed by atoms with van der Waals surface area (Å²) in [6, 6.07) is 5.41. The second-order valence-corrected chi connectivity index (χ2v) is 5.50. The highest BCUT2D eigenvalue weighted by Crippen LogP contribution is 2.24. The van der Waals surface area contributed by atoms with Crippen LogP contribution in [0.25, 0.3) is 0 Å². The third kappa shape index (κ3) is 3.29. The summed E-state index contributed by atoms with van der Waals surface area (Å²) in [6.45, 7) is 4.29. The first kappa shape index (κ1) is 13.0. The summed E-state index contributed by atoms with van der Waals surface area (Å²) in [6.07, 6.45) is 4.04. The molecule has 0 saturated carbocycles. The van der Waals surface area contributed by atoms with E-state index in [0.29, 0.717) is 18.0 Å². The van der Waals surface area contributed by atoms with E-state index in [0.717, 1.165) is 16.8 Å². The molecule has 0 unspecified atom stereocenters. The molecule has 0 bridgehead atoms. The zero-order valence-corrected chi connectivity index (χ0v) is 11.2. The second-order valence-electron chi connectivity index (χ2n) is 5.50. The number of nitrogen functional groups attached to an aromatic ring is 2. The minimum atomic E-state index is 0.622. The van der Waals surface area contributed by atoms with Gasteiger partial charge in [-0.05, 0) is 37.5 Å². The number of nitrogens with two attached hydrogens (primary N) is 2. The largest absolute Gasteiger partial charge is 0.486 e. The molecule has 4 heteroatoms. The molecule has 2 rings (SSSR count). The van der Waals surface area contributed by atoms with E-state index in [1.54, 1.807) is 6.07 Å². The molecule has 0 spiro atoms. The fourth-order valence-electron chi connectivity index (χ4n) is 2.57. The van der Waals surface area contributed by atoms with Crippen LogP contribution in [0.3, 0.4) is 0 Å². The van der Waals surface area contributed by atoms with Crippen LogP contribution in [0.15, 0.2) is 18.2 Å². The summed E-state index contributed by atoms with van der Waals surface area (Å²) in [4.78, 5) is 0. The minimum absolute atomic E-state index is 0.622. The number of anilines is 2. The maximum atomic E-state index is 5.86. The number of hydrogen-bond donors (Lipinski definition) is 2. The van der Waals surface area contributed by atoms with E-state index < -0.39 is 0 Å². The van der Waals surface area contributed by atoms with Crippen molar-refractivity contribution in [2.75, 3.05) is 44.8 Å². The van der Waals surface area contributed by atoms with Gasteiger partial charge in [0.2, 0.25) is 0 Å². The van der Waals surface area contributed by atoms with Gasteiger partial charge in [0.05, 0.1) is 25.8 Å². The molecule has 0 aliphatic carbocycles. The summed E-state index contributed by atoms with van der Waals surface area (Å²) in [5.74, 6) is 0.743. The van der Waals surface area contributed by atoms with Gasteiger partial charge in [-0.3, -0.25) is 0 Å². The maximum Gasteiger partial charge on any atom is 0.142 e. The van der Waals surface area contributed by atoms with Crippen LogP contribution in [-0.2, 0) is 0 Å². The molecule has 0 aromatic heterocycles. The molecule has 4 nitrogen and oxygen atoms in total. The lowest BCUT2D eigenvalue weighted by Gasteiger charge is -2.37. The molecular formula is C14H24N3O+. The van der Waals surface area contributed by atoms with Gasteiger partial charge in [-0.1, -0.05) is 0 Å². The molecule has 1 fully saturated rings. The van der Waals surface area contributed by atoms with Crippen molar-refractivity contribution in [3.8, 4) is 5.75 Å². The fraction of sp³-hybridized carbons (Fsp3) is 0.571. The summed E-state index contributed by atoms with van der Waals surface area (Å²) < 4.78 is 6.88. The Morgan fingerprint density at radius 1 is 1.17 bits per heavy atom. The number of hydrogen-bond acceptors (Lipinski definition) is 3. The van der Waals surface area contributed by atoms with Crippen LogP contribution in [-0.4, -0.2) is 37.8 Å². The van der Waals surface area contributed by atoms with Gasteiger partial charge in [0.25, 0.3) is 0 Å². The highest BCUT2D eigenvalue weighted by Gasteiger charge is 2.24. The van der Waals surface area contributed by atoms with Crippen LogP contribution in [0.4, 0.5) is 11.4 Å². The summed E-state index contributed by atoms with van der Waals surface area (Å²) >= 11 is 0. The highest BCUT2D eigenvalue weighted by molar-refractivity contribution is 5.60. The van der Waals surface area contributed by atoms with Crippen LogP contribution in [0.2, 0.25) is 0 Å². The molecule has 18 heavy (non-hydrogen) atoms. The molecule has 0 amide bonds. The van der Waals surface area contributed by atoms with E-state index in [1.165, 1.54) is 32.4 Å². The zero-order chi connectivity index (χ0) is 13.0. The SMILES string of the molecule is C[N+]1(CCOc2ccc(N)cc2N)CCCCC1. The molecular weight excluding hydrogens is 226 g/mol. The lowest BCUT2D eigenvalue weighted by Crippen LogP contribution is -2.50. The summed E-state index contributed by atoms with van der Waals surface area (Å²) in [5, 5.41) is 0. The number of likely N-dealkylation sites (tertiary alicyclic amines) is 1. The molecule has 4 N–H and O–H groups in total. The summed E-state index contributed by atoms with van der Waals surface area (Å²) in [7, 11) is 2.31. The van der Waals surface area contributed by atoms with Crippen molar-refractivity contribution in [1.82, 2.24) is 0 Å². The standard InChI is InChI=1S/C14H24N3O/c1-17(7-3-2-4-8-17)9-10-18-14-6-5-12(15)11-13(14)16/h5-6,11H,2-4,7-10,15-16H2,1H3/q+1. The smallest absolute Gasteiger partial charge is 0.142 e. The minimum Gasteiger partial charge on any atom is -0.486 e. The van der Waals surface area contributed by atoms with Crippen molar-refractivity contribution in [2.45, 2.75) is 19.3 Å². The second kappa shape index (κ2) is 5.48. The number of piperidine rings is 1. The number of quaternary nitrogens is 1. The molecule has 1 aromatic carbocycles. The third-order valence-corrected chi connectivity index (χ3v) is 3.82. The molecule has 1 aliphatic heterocycles. The van der Waals surface area contributed by atoms with Crippen LogP contribution < -0.4 is 16.2 Å². The molecule has 0 atom stereocenters. The molecule has 1 saturated heterocycles. The lowest BCUT2D eigenvalue weighted by atomic mass is 10.1. The van der Waals surface area contributed by atoms with E-state index in [9.17, 15) is 0 Å². The monoisotopic (exact) mass is 250 g/mol. The van der Waals surface area contributed by atoms with Gasteiger partial charge in [0.1, 0.15) is 18.9 Å². The van der Waals surface area contributed by atoms with Gasteiger partial charge in [0, 0.05) is 5.69 Å². The van der Waals surface area contributed by atoms with Gasteiger partial charge in [-0.15, -0.1) is 0 Å². The normalized spacial score (nSPS) is 18.5. The van der Waals surface area contributed by atoms with Crippen molar-refractivity contribution in [3.63, 3.8) is 0 Å². The van der Waals surface area contributed by atoms with Gasteiger partial charge >= 0.3 is 0 Å². The number of rotatable bonds is 4. The van der Waals surface area contributed by atoms with Crippen LogP contribution in [0, 0.1) is 0 Å². The first-order valence-electron chi connectivity index (χ1n) is 6.70. The Kier molecular flexibility index (Phi) is 3.97. The zero-order valence-electron chi connectivity index (χ0n) is 11.2. The van der Waals surface area contributed by atoms with Crippen molar-refractivity contribution < 1.29 is 9.22 Å². The van der Waals surface area contributed by atoms with Crippen LogP contribution in [0.1, 0.15) is 19.3 Å². The predicted molar refractivity (Wildman–Crippen MR) is 75.4 cm³/mol.